The Kier molecular flexibility index (Phi) is 7.52. The fourth-order valence-corrected chi connectivity index (χ4v) is 4.20. The van der Waals surface area contributed by atoms with Gasteiger partial charge in [0.2, 0.25) is 0 Å². The van der Waals surface area contributed by atoms with Crippen LogP contribution < -0.4 is 11.4 Å². The second-order valence-electron chi connectivity index (χ2n) is 9.47. The second kappa shape index (κ2) is 9.92. The molecule has 1 aliphatic heterocycles. The molecule has 1 fully saturated rings. The van der Waals surface area contributed by atoms with Crippen molar-refractivity contribution in [1.82, 2.24) is 29.3 Å². The highest BCUT2D eigenvalue weighted by Crippen LogP contribution is 2.17. The number of piperazine rings is 1. The van der Waals surface area contributed by atoms with Crippen molar-refractivity contribution in [1.29, 1.82) is 0 Å². The average molecular weight is 418 g/mol. The summed E-state index contributed by atoms with van der Waals surface area (Å²) in [6.07, 6.45) is 6.15. The second-order valence-corrected chi connectivity index (χ2v) is 9.47. The van der Waals surface area contributed by atoms with Gasteiger partial charge in [-0.3, -0.25) is 9.47 Å². The number of nitrogens with zero attached hydrogens (tertiary/aromatic N) is 5. The van der Waals surface area contributed by atoms with Crippen LogP contribution in [0.4, 0.5) is 5.82 Å². The van der Waals surface area contributed by atoms with Crippen molar-refractivity contribution in [2.24, 2.45) is 0 Å². The molecule has 30 heavy (non-hydrogen) atoms. The molecule has 0 atom stereocenters. The number of nitrogens with two attached hydrogens (primary N) is 1. The Bertz CT molecular complexity index is 872. The highest BCUT2D eigenvalue weighted by atomic mass is 16.1. The van der Waals surface area contributed by atoms with Gasteiger partial charge >= 0.3 is 5.69 Å². The predicted octanol–water partition coefficient (Wildman–Crippen LogP) is 2.63. The SMILES string of the molecule is CCCCCc1nc(N)c2[nH]c(=O)n(CCCCN3CCN(C(C)(C)C)CC3)c2n1. The maximum atomic E-state index is 12.5. The van der Waals surface area contributed by atoms with E-state index in [1.807, 2.05) is 0 Å². The van der Waals surface area contributed by atoms with E-state index in [1.165, 1.54) is 0 Å². The first-order valence-corrected chi connectivity index (χ1v) is 11.5. The number of aromatic nitrogens is 4. The molecule has 1 aliphatic rings. The van der Waals surface area contributed by atoms with E-state index < -0.39 is 0 Å². The topological polar surface area (TPSA) is 96.1 Å². The number of rotatable bonds is 9. The number of anilines is 1. The minimum absolute atomic E-state index is 0.143. The van der Waals surface area contributed by atoms with Crippen molar-refractivity contribution in [2.45, 2.75) is 78.3 Å². The molecule has 0 aliphatic carbocycles. The van der Waals surface area contributed by atoms with Gasteiger partial charge in [-0.1, -0.05) is 19.8 Å². The van der Waals surface area contributed by atoms with Gasteiger partial charge in [0.1, 0.15) is 11.3 Å². The summed E-state index contributed by atoms with van der Waals surface area (Å²) >= 11 is 0. The standard InChI is InChI=1S/C22H39N7O/c1-5-6-7-10-17-24-19(23)18-20(25-17)29(21(30)26-18)12-9-8-11-27-13-15-28(16-14-27)22(2,3)4/h5-16H2,1-4H3,(H,26,30)(H2,23,24,25). The molecule has 2 aromatic rings. The molecule has 3 N–H and O–H groups in total. The monoisotopic (exact) mass is 417 g/mol. The molecule has 3 rings (SSSR count). The number of nitrogen functional groups attached to an aromatic ring is 1. The third-order valence-corrected chi connectivity index (χ3v) is 6.13. The fourth-order valence-electron chi connectivity index (χ4n) is 4.20. The van der Waals surface area contributed by atoms with Crippen LogP contribution >= 0.6 is 0 Å². The van der Waals surface area contributed by atoms with E-state index in [1.54, 1.807) is 4.57 Å². The number of nitrogens with one attached hydrogen (secondary N) is 1. The molecule has 168 valence electrons. The molecule has 3 heterocycles. The smallest absolute Gasteiger partial charge is 0.327 e. The van der Waals surface area contributed by atoms with Gasteiger partial charge < -0.3 is 15.6 Å². The lowest BCUT2D eigenvalue weighted by Crippen LogP contribution is -2.53. The van der Waals surface area contributed by atoms with Crippen LogP contribution in [0.2, 0.25) is 0 Å². The highest BCUT2D eigenvalue weighted by molar-refractivity contribution is 5.81. The van der Waals surface area contributed by atoms with Crippen LogP contribution in [0.15, 0.2) is 4.79 Å². The molecule has 0 amide bonds. The summed E-state index contributed by atoms with van der Waals surface area (Å²) in [6, 6.07) is 0. The van der Waals surface area contributed by atoms with Crippen LogP contribution in [0, 0.1) is 0 Å². The van der Waals surface area contributed by atoms with Crippen LogP contribution in [0.25, 0.3) is 11.2 Å². The molecule has 0 saturated carbocycles. The van der Waals surface area contributed by atoms with E-state index in [0.717, 1.165) is 77.1 Å². The Hall–Kier alpha value is -1.93. The van der Waals surface area contributed by atoms with E-state index >= 15 is 0 Å². The first kappa shape index (κ1) is 22.7. The zero-order valence-electron chi connectivity index (χ0n) is 19.2. The van der Waals surface area contributed by atoms with Crippen molar-refractivity contribution < 1.29 is 0 Å². The molecule has 2 aromatic heterocycles. The van der Waals surface area contributed by atoms with Crippen molar-refractivity contribution in [3.05, 3.63) is 16.3 Å². The van der Waals surface area contributed by atoms with E-state index in [0.29, 0.717) is 23.5 Å². The Morgan fingerprint density at radius 2 is 1.70 bits per heavy atom. The van der Waals surface area contributed by atoms with Gasteiger partial charge in [0, 0.05) is 44.7 Å². The lowest BCUT2D eigenvalue weighted by molar-refractivity contribution is 0.0615. The third kappa shape index (κ3) is 5.60. The maximum absolute atomic E-state index is 12.5. The van der Waals surface area contributed by atoms with Crippen LogP contribution in [-0.4, -0.2) is 67.6 Å². The molecule has 0 bridgehead atoms. The van der Waals surface area contributed by atoms with E-state index in [-0.39, 0.29) is 11.2 Å². The van der Waals surface area contributed by atoms with Crippen LogP contribution in [-0.2, 0) is 13.0 Å². The largest absolute Gasteiger partial charge is 0.382 e. The molecule has 0 spiro atoms. The Labute approximate surface area is 179 Å². The summed E-state index contributed by atoms with van der Waals surface area (Å²) in [5, 5.41) is 0. The number of imidazole rings is 1. The first-order valence-electron chi connectivity index (χ1n) is 11.5. The van der Waals surface area contributed by atoms with Gasteiger partial charge in [-0.25, -0.2) is 14.8 Å². The van der Waals surface area contributed by atoms with E-state index in [9.17, 15) is 4.79 Å². The number of hydrogen-bond donors (Lipinski definition) is 2. The van der Waals surface area contributed by atoms with Gasteiger partial charge in [-0.2, -0.15) is 0 Å². The minimum atomic E-state index is -0.143. The lowest BCUT2D eigenvalue weighted by Gasteiger charge is -2.42. The lowest BCUT2D eigenvalue weighted by atomic mass is 10.0. The fraction of sp³-hybridized carbons (Fsp3) is 0.773. The van der Waals surface area contributed by atoms with E-state index in [2.05, 4.69) is 52.4 Å². The average Bonchev–Trinajstić information content (AvgIpc) is 3.01. The normalized spacial score (nSPS) is 16.5. The summed E-state index contributed by atoms with van der Waals surface area (Å²) in [5.74, 6) is 1.11. The zero-order valence-corrected chi connectivity index (χ0v) is 19.2. The van der Waals surface area contributed by atoms with Crippen molar-refractivity contribution in [3.63, 3.8) is 0 Å². The van der Waals surface area contributed by atoms with Gasteiger partial charge in [-0.05, 0) is 46.6 Å². The summed E-state index contributed by atoms with van der Waals surface area (Å²) in [5.41, 5.74) is 7.42. The zero-order chi connectivity index (χ0) is 21.7. The Morgan fingerprint density at radius 1 is 1.00 bits per heavy atom. The van der Waals surface area contributed by atoms with Gasteiger partial charge in [0.25, 0.3) is 0 Å². The predicted molar refractivity (Wildman–Crippen MR) is 123 cm³/mol. The van der Waals surface area contributed by atoms with E-state index in [4.69, 9.17) is 5.73 Å². The number of H-pyrrole nitrogens is 1. The van der Waals surface area contributed by atoms with Gasteiger partial charge in [0.15, 0.2) is 11.5 Å². The third-order valence-electron chi connectivity index (χ3n) is 6.13. The highest BCUT2D eigenvalue weighted by Gasteiger charge is 2.25. The number of aromatic amines is 1. The molecule has 0 radical (unpaired) electrons. The van der Waals surface area contributed by atoms with Crippen LogP contribution in [0.5, 0.6) is 0 Å². The van der Waals surface area contributed by atoms with Crippen LogP contribution in [0.3, 0.4) is 0 Å². The molecule has 1 saturated heterocycles. The van der Waals surface area contributed by atoms with Crippen molar-refractivity contribution in [2.75, 3.05) is 38.5 Å². The summed E-state index contributed by atoms with van der Waals surface area (Å²) in [6.45, 7) is 15.3. The molecule has 0 aromatic carbocycles. The summed E-state index contributed by atoms with van der Waals surface area (Å²) < 4.78 is 1.73. The van der Waals surface area contributed by atoms with Gasteiger partial charge in [-0.15, -0.1) is 0 Å². The van der Waals surface area contributed by atoms with Crippen LogP contribution in [0.1, 0.15) is 65.6 Å². The van der Waals surface area contributed by atoms with Crippen molar-refractivity contribution >= 4 is 17.0 Å². The number of unbranched alkanes of at least 4 members (excludes halogenated alkanes) is 3. The van der Waals surface area contributed by atoms with Gasteiger partial charge in [0.05, 0.1) is 0 Å². The Morgan fingerprint density at radius 3 is 2.37 bits per heavy atom. The minimum Gasteiger partial charge on any atom is -0.382 e. The molecule has 0 unspecified atom stereocenters. The summed E-state index contributed by atoms with van der Waals surface area (Å²) in [7, 11) is 0. The summed E-state index contributed by atoms with van der Waals surface area (Å²) in [4.78, 5) is 29.4. The molecular formula is C22H39N7O. The first-order chi connectivity index (χ1) is 14.3. The number of aryl methyl sites for hydroxylation is 2. The number of hydrogen-bond acceptors (Lipinski definition) is 6. The maximum Gasteiger partial charge on any atom is 0.327 e. The molecular weight excluding hydrogens is 378 g/mol. The number of fused-ring (bicyclic) bond motifs is 1. The van der Waals surface area contributed by atoms with Crippen molar-refractivity contribution in [3.8, 4) is 0 Å². The molecule has 8 nitrogen and oxygen atoms in total. The molecule has 8 heteroatoms. The Balaban J connectivity index is 1.54. The quantitative estimate of drug-likeness (QED) is 0.609.